The van der Waals surface area contributed by atoms with Crippen molar-refractivity contribution in [3.63, 3.8) is 0 Å². The van der Waals surface area contributed by atoms with Crippen molar-refractivity contribution in [2.45, 2.75) is 26.1 Å². The van der Waals surface area contributed by atoms with Crippen LogP contribution in [0.5, 0.6) is 0 Å². The van der Waals surface area contributed by atoms with Crippen molar-refractivity contribution in [2.24, 2.45) is 0 Å². The number of carbonyl (C=O) groups is 1. The molecule has 0 amide bonds. The number of hydrogen-bond acceptors (Lipinski definition) is 3. The van der Waals surface area contributed by atoms with Gasteiger partial charge in [0.1, 0.15) is 0 Å². The van der Waals surface area contributed by atoms with Gasteiger partial charge in [-0.2, -0.15) is 0 Å². The number of carboxylic acid groups (broad SMARTS) is 1. The van der Waals surface area contributed by atoms with Crippen molar-refractivity contribution in [3.8, 4) is 0 Å². The Morgan fingerprint density at radius 3 is 2.27 bits per heavy atom. The highest BCUT2D eigenvalue weighted by Gasteiger charge is 2.13. The molecule has 0 aromatic heterocycles. The van der Waals surface area contributed by atoms with Gasteiger partial charge in [0.25, 0.3) is 0 Å². The average Bonchev–Trinajstić information content (AvgIpc) is 1.80. The first-order chi connectivity index (χ1) is 4.83. The smallest absolute Gasteiger partial charge is 0.330 e. The fourth-order valence-electron chi connectivity index (χ4n) is 0.434. The molecule has 0 radical (unpaired) electrons. The summed E-state index contributed by atoms with van der Waals surface area (Å²) in [5.74, 6) is -2.87. The van der Waals surface area contributed by atoms with Gasteiger partial charge in [0, 0.05) is 12.0 Å². The molecule has 0 aromatic rings. The van der Waals surface area contributed by atoms with E-state index in [9.17, 15) is 4.79 Å². The van der Waals surface area contributed by atoms with E-state index in [1.807, 2.05) is 0 Å². The molecule has 0 aliphatic carbocycles. The molecular formula is C7H12O4. The molecular weight excluding hydrogens is 148 g/mol. The van der Waals surface area contributed by atoms with Crippen LogP contribution >= 0.6 is 0 Å². The molecule has 11 heavy (non-hydrogen) atoms. The van der Waals surface area contributed by atoms with Crippen molar-refractivity contribution in [1.82, 2.24) is 0 Å². The second kappa shape index (κ2) is 3.50. The van der Waals surface area contributed by atoms with E-state index in [1.54, 1.807) is 0 Å². The van der Waals surface area contributed by atoms with E-state index >= 15 is 0 Å². The first-order valence-corrected chi connectivity index (χ1v) is 3.18. The van der Waals surface area contributed by atoms with Crippen molar-refractivity contribution in [3.05, 3.63) is 11.6 Å². The van der Waals surface area contributed by atoms with Crippen LogP contribution < -0.4 is 0 Å². The molecule has 0 unspecified atom stereocenters. The minimum absolute atomic E-state index is 0.0782. The average molecular weight is 160 g/mol. The highest BCUT2D eigenvalue weighted by molar-refractivity contribution is 5.85. The minimum Gasteiger partial charge on any atom is -0.478 e. The van der Waals surface area contributed by atoms with Gasteiger partial charge in [-0.15, -0.1) is 0 Å². The highest BCUT2D eigenvalue weighted by atomic mass is 16.5. The van der Waals surface area contributed by atoms with Crippen molar-refractivity contribution in [1.29, 1.82) is 0 Å². The van der Waals surface area contributed by atoms with Gasteiger partial charge in [-0.05, 0) is 13.8 Å². The molecule has 0 heterocycles. The zero-order chi connectivity index (χ0) is 9.07. The Bertz CT molecular complexity index is 175. The second-order valence-corrected chi connectivity index (χ2v) is 2.61. The lowest BCUT2D eigenvalue weighted by Crippen LogP contribution is -2.21. The predicted molar refractivity (Wildman–Crippen MR) is 38.9 cm³/mol. The summed E-state index contributed by atoms with van der Waals surface area (Å²) in [5, 5.41) is 25.9. The van der Waals surface area contributed by atoms with Crippen LogP contribution in [0.25, 0.3) is 0 Å². The van der Waals surface area contributed by atoms with Gasteiger partial charge in [-0.3, -0.25) is 0 Å². The summed E-state index contributed by atoms with van der Waals surface area (Å²) in [6.07, 6.45) is 1.19. The van der Waals surface area contributed by atoms with Gasteiger partial charge in [-0.25, -0.2) is 4.79 Å². The normalized spacial score (nSPS) is 13.3. The molecule has 0 saturated heterocycles. The van der Waals surface area contributed by atoms with E-state index in [1.165, 1.54) is 19.9 Å². The zero-order valence-electron chi connectivity index (χ0n) is 6.53. The summed E-state index contributed by atoms with van der Waals surface area (Å²) in [6.45, 7) is 2.59. The first-order valence-electron chi connectivity index (χ1n) is 3.18. The predicted octanol–water partition coefficient (Wildman–Crippen LogP) is 0.108. The van der Waals surface area contributed by atoms with Gasteiger partial charge in [-0.1, -0.05) is 6.08 Å². The van der Waals surface area contributed by atoms with Crippen molar-refractivity contribution >= 4 is 5.97 Å². The van der Waals surface area contributed by atoms with Gasteiger partial charge < -0.3 is 15.3 Å². The van der Waals surface area contributed by atoms with Crippen LogP contribution in [-0.4, -0.2) is 27.1 Å². The maximum Gasteiger partial charge on any atom is 0.330 e. The van der Waals surface area contributed by atoms with Crippen LogP contribution in [0.1, 0.15) is 20.3 Å². The molecule has 0 aliphatic rings. The summed E-state index contributed by atoms with van der Waals surface area (Å²) in [6, 6.07) is 0. The first kappa shape index (κ1) is 10.1. The maximum absolute atomic E-state index is 10.2. The molecule has 0 atom stereocenters. The summed E-state index contributed by atoms with van der Waals surface area (Å²) in [4.78, 5) is 10.2. The van der Waals surface area contributed by atoms with Gasteiger partial charge >= 0.3 is 5.97 Å². The van der Waals surface area contributed by atoms with E-state index in [0.717, 1.165) is 0 Å². The topological polar surface area (TPSA) is 77.8 Å². The minimum atomic E-state index is -1.82. The molecule has 0 spiro atoms. The molecule has 0 saturated carbocycles. The van der Waals surface area contributed by atoms with Crippen molar-refractivity contribution < 1.29 is 20.1 Å². The molecule has 0 aliphatic heterocycles. The number of rotatable bonds is 3. The van der Waals surface area contributed by atoms with Crippen LogP contribution in [0.15, 0.2) is 11.6 Å². The third kappa shape index (κ3) is 5.57. The van der Waals surface area contributed by atoms with E-state index in [2.05, 4.69) is 0 Å². The van der Waals surface area contributed by atoms with E-state index < -0.39 is 11.8 Å². The third-order valence-corrected chi connectivity index (χ3v) is 1.13. The Kier molecular flexibility index (Phi) is 3.22. The van der Waals surface area contributed by atoms with Gasteiger partial charge in [0.05, 0.1) is 0 Å². The fourth-order valence-corrected chi connectivity index (χ4v) is 0.434. The van der Waals surface area contributed by atoms with Gasteiger partial charge in [0.2, 0.25) is 0 Å². The van der Waals surface area contributed by atoms with E-state index in [-0.39, 0.29) is 12.0 Å². The van der Waals surface area contributed by atoms with Crippen molar-refractivity contribution in [2.75, 3.05) is 0 Å². The van der Waals surface area contributed by atoms with Crippen LogP contribution in [0.4, 0.5) is 0 Å². The highest BCUT2D eigenvalue weighted by Crippen LogP contribution is 2.06. The molecule has 0 rings (SSSR count). The van der Waals surface area contributed by atoms with E-state index in [0.29, 0.717) is 0 Å². The Labute approximate surface area is 64.8 Å². The number of aliphatic carboxylic acids is 1. The molecule has 0 fully saturated rings. The molecule has 0 aromatic carbocycles. The van der Waals surface area contributed by atoms with Crippen LogP contribution in [0.2, 0.25) is 0 Å². The molecule has 64 valence electrons. The summed E-state index contributed by atoms with van der Waals surface area (Å²) in [5.41, 5.74) is 0.110. The number of aliphatic hydroxyl groups is 2. The van der Waals surface area contributed by atoms with E-state index in [4.69, 9.17) is 15.3 Å². The van der Waals surface area contributed by atoms with Crippen LogP contribution in [-0.2, 0) is 4.79 Å². The Morgan fingerprint density at radius 2 is 2.00 bits per heavy atom. The molecule has 3 N–H and O–H groups in total. The molecule has 0 bridgehead atoms. The lowest BCUT2D eigenvalue weighted by atomic mass is 10.1. The third-order valence-electron chi connectivity index (χ3n) is 1.13. The monoisotopic (exact) mass is 160 g/mol. The quantitative estimate of drug-likeness (QED) is 0.404. The lowest BCUT2D eigenvalue weighted by molar-refractivity contribution is -0.141. The van der Waals surface area contributed by atoms with Gasteiger partial charge in [0.15, 0.2) is 5.79 Å². The largest absolute Gasteiger partial charge is 0.478 e. The zero-order valence-corrected chi connectivity index (χ0v) is 6.53. The summed E-state index contributed by atoms with van der Waals surface area (Å²) >= 11 is 0. The SMILES string of the molecule is C/C(=C\CC(C)(O)O)C(=O)O. The lowest BCUT2D eigenvalue weighted by Gasteiger charge is -2.12. The maximum atomic E-state index is 10.2. The molecule has 4 heteroatoms. The Hall–Kier alpha value is -0.870. The Balaban J connectivity index is 4.04. The molecule has 4 nitrogen and oxygen atoms in total. The summed E-state index contributed by atoms with van der Waals surface area (Å²) in [7, 11) is 0. The second-order valence-electron chi connectivity index (χ2n) is 2.61. The standard InChI is InChI=1S/C7H12O4/c1-5(6(8)9)3-4-7(2,10)11/h3,10-11H,4H2,1-2H3,(H,8,9)/b5-3+. The number of carboxylic acids is 1. The number of hydrogen-bond donors (Lipinski definition) is 3. The fraction of sp³-hybridized carbons (Fsp3) is 0.571. The summed E-state index contributed by atoms with van der Waals surface area (Å²) < 4.78 is 0. The Morgan fingerprint density at radius 1 is 1.55 bits per heavy atom. The van der Waals surface area contributed by atoms with Crippen LogP contribution in [0.3, 0.4) is 0 Å². The van der Waals surface area contributed by atoms with Crippen LogP contribution in [0, 0.1) is 0 Å².